The summed E-state index contributed by atoms with van der Waals surface area (Å²) < 4.78 is 28.9. The van der Waals surface area contributed by atoms with E-state index >= 15 is 0 Å². The molecule has 0 aliphatic heterocycles. The molecular formula is C18H16N4O5S. The molecule has 144 valence electrons. The molecular weight excluding hydrogens is 384 g/mol. The van der Waals surface area contributed by atoms with E-state index in [0.717, 1.165) is 17.8 Å². The van der Waals surface area contributed by atoms with E-state index in [-0.39, 0.29) is 16.2 Å². The van der Waals surface area contributed by atoms with Crippen molar-refractivity contribution in [3.63, 3.8) is 0 Å². The Morgan fingerprint density at radius 1 is 1.14 bits per heavy atom. The Labute approximate surface area is 160 Å². The van der Waals surface area contributed by atoms with Gasteiger partial charge in [0.2, 0.25) is 10.0 Å². The van der Waals surface area contributed by atoms with Crippen molar-refractivity contribution in [3.8, 4) is 11.1 Å². The zero-order valence-corrected chi connectivity index (χ0v) is 15.5. The molecule has 0 radical (unpaired) electrons. The monoisotopic (exact) mass is 400 g/mol. The van der Waals surface area contributed by atoms with Crippen molar-refractivity contribution in [2.75, 3.05) is 12.5 Å². The average Bonchev–Trinajstić information content (AvgIpc) is 3.11. The van der Waals surface area contributed by atoms with Crippen molar-refractivity contribution in [1.29, 1.82) is 0 Å². The van der Waals surface area contributed by atoms with Crippen molar-refractivity contribution >= 4 is 21.9 Å². The van der Waals surface area contributed by atoms with Crippen LogP contribution in [-0.4, -0.2) is 37.1 Å². The molecule has 28 heavy (non-hydrogen) atoms. The molecule has 9 nitrogen and oxygen atoms in total. The van der Waals surface area contributed by atoms with Gasteiger partial charge in [0.15, 0.2) is 5.69 Å². The van der Waals surface area contributed by atoms with Gasteiger partial charge in [0.1, 0.15) is 4.90 Å². The lowest BCUT2D eigenvalue weighted by Crippen LogP contribution is -2.26. The first-order valence-corrected chi connectivity index (χ1v) is 9.50. The highest BCUT2D eigenvalue weighted by Crippen LogP contribution is 2.25. The molecule has 3 N–H and O–H groups in total. The van der Waals surface area contributed by atoms with Crippen LogP contribution >= 0.6 is 0 Å². The van der Waals surface area contributed by atoms with Gasteiger partial charge in [-0.2, -0.15) is 0 Å². The highest BCUT2D eigenvalue weighted by atomic mass is 32.2. The van der Waals surface area contributed by atoms with Crippen molar-refractivity contribution in [2.45, 2.75) is 4.90 Å². The minimum absolute atomic E-state index is 0.0442. The first-order chi connectivity index (χ1) is 13.3. The van der Waals surface area contributed by atoms with E-state index in [0.29, 0.717) is 5.56 Å². The summed E-state index contributed by atoms with van der Waals surface area (Å²) in [5, 5.41) is 5.06. The van der Waals surface area contributed by atoms with Crippen LogP contribution in [0.1, 0.15) is 20.8 Å². The summed E-state index contributed by atoms with van der Waals surface area (Å²) in [6.07, 6.45) is 3.71. The zero-order valence-electron chi connectivity index (χ0n) is 14.7. The molecule has 0 bridgehead atoms. The molecule has 0 aliphatic carbocycles. The van der Waals surface area contributed by atoms with Gasteiger partial charge in [-0.25, -0.2) is 18.4 Å². The third kappa shape index (κ3) is 3.92. The second-order valence-corrected chi connectivity index (χ2v) is 7.26. The second-order valence-electron chi connectivity index (χ2n) is 5.70. The van der Waals surface area contributed by atoms with Crippen molar-refractivity contribution in [3.05, 3.63) is 72.3 Å². The van der Waals surface area contributed by atoms with Crippen LogP contribution in [0.3, 0.4) is 0 Å². The van der Waals surface area contributed by atoms with Gasteiger partial charge < -0.3 is 4.74 Å². The maximum absolute atomic E-state index is 12.5. The van der Waals surface area contributed by atoms with Gasteiger partial charge >= 0.3 is 5.97 Å². The smallest absolute Gasteiger partial charge is 0.357 e. The van der Waals surface area contributed by atoms with Crippen molar-refractivity contribution in [1.82, 2.24) is 9.66 Å². The molecule has 1 aromatic carbocycles. The van der Waals surface area contributed by atoms with Crippen LogP contribution in [0.4, 0.5) is 0 Å². The quantitative estimate of drug-likeness (QED) is 0.621. The van der Waals surface area contributed by atoms with E-state index in [4.69, 9.17) is 9.88 Å². The number of sulfonamides is 1. The third-order valence-electron chi connectivity index (χ3n) is 3.88. The van der Waals surface area contributed by atoms with Crippen LogP contribution in [0.25, 0.3) is 11.1 Å². The fourth-order valence-corrected chi connectivity index (χ4v) is 3.05. The standard InChI is InChI=1S/C18H16N4O5S/c1-27-18(24)16-15(12-5-3-2-4-6-12)7-8-22(16)21-17(23)13-9-14(11-20-10-13)28(19,25)26/h2-11H,1H3,(H,21,23)(H2,19,25,26). The number of aromatic nitrogens is 2. The molecule has 2 heterocycles. The Kier molecular flexibility index (Phi) is 5.25. The number of esters is 1. The molecule has 3 rings (SSSR count). The van der Waals surface area contributed by atoms with Crippen LogP contribution < -0.4 is 10.6 Å². The number of primary sulfonamides is 1. The van der Waals surface area contributed by atoms with Gasteiger partial charge in [0, 0.05) is 24.2 Å². The lowest BCUT2D eigenvalue weighted by molar-refractivity contribution is 0.0591. The highest BCUT2D eigenvalue weighted by molar-refractivity contribution is 7.89. The average molecular weight is 400 g/mol. The van der Waals surface area contributed by atoms with Crippen molar-refractivity contribution in [2.24, 2.45) is 5.14 Å². The lowest BCUT2D eigenvalue weighted by atomic mass is 10.1. The highest BCUT2D eigenvalue weighted by Gasteiger charge is 2.21. The van der Waals surface area contributed by atoms with Crippen LogP contribution in [0, 0.1) is 0 Å². The number of nitrogens with two attached hydrogens (primary N) is 1. The number of ether oxygens (including phenoxy) is 1. The molecule has 1 amide bonds. The molecule has 3 aromatic rings. The first-order valence-electron chi connectivity index (χ1n) is 7.95. The summed E-state index contributed by atoms with van der Waals surface area (Å²) in [4.78, 5) is 28.3. The minimum Gasteiger partial charge on any atom is -0.464 e. The van der Waals surface area contributed by atoms with Crippen LogP contribution in [0.2, 0.25) is 0 Å². The first kappa shape index (κ1) is 19.3. The predicted octanol–water partition coefficient (Wildman–Crippen LogP) is 1.37. The minimum atomic E-state index is -4.01. The van der Waals surface area contributed by atoms with Crippen molar-refractivity contribution < 1.29 is 22.7 Å². The summed E-state index contributed by atoms with van der Waals surface area (Å²) in [5.41, 5.74) is 3.89. The molecule has 0 saturated heterocycles. The van der Waals surface area contributed by atoms with Gasteiger partial charge in [-0.3, -0.25) is 19.9 Å². The fourth-order valence-electron chi connectivity index (χ4n) is 2.55. The van der Waals surface area contributed by atoms with Gasteiger partial charge in [-0.05, 0) is 17.7 Å². The van der Waals surface area contributed by atoms with E-state index in [1.165, 1.54) is 24.2 Å². The zero-order chi connectivity index (χ0) is 20.3. The van der Waals surface area contributed by atoms with E-state index in [1.807, 2.05) is 30.3 Å². The Morgan fingerprint density at radius 2 is 1.86 bits per heavy atom. The van der Waals surface area contributed by atoms with Crippen LogP contribution in [0.5, 0.6) is 0 Å². The number of methoxy groups -OCH3 is 1. The Morgan fingerprint density at radius 3 is 2.50 bits per heavy atom. The molecule has 0 unspecified atom stereocenters. The Hall–Kier alpha value is -3.50. The molecule has 0 saturated carbocycles. The van der Waals surface area contributed by atoms with Crippen LogP contribution in [-0.2, 0) is 14.8 Å². The number of hydrogen-bond donors (Lipinski definition) is 2. The summed E-state index contributed by atoms with van der Waals surface area (Å²) in [7, 11) is -2.78. The maximum atomic E-state index is 12.5. The topological polar surface area (TPSA) is 133 Å². The number of benzene rings is 1. The molecule has 0 fully saturated rings. The number of rotatable bonds is 5. The number of hydrogen-bond acceptors (Lipinski definition) is 6. The Bertz CT molecular complexity index is 1140. The SMILES string of the molecule is COC(=O)c1c(-c2ccccc2)ccn1NC(=O)c1cncc(S(N)(=O)=O)c1. The number of carbonyl (C=O) groups excluding carboxylic acids is 2. The predicted molar refractivity (Wildman–Crippen MR) is 101 cm³/mol. The fraction of sp³-hybridized carbons (Fsp3) is 0.0556. The number of carbonyl (C=O) groups is 2. The van der Waals surface area contributed by atoms with E-state index in [2.05, 4.69) is 10.4 Å². The second kappa shape index (κ2) is 7.62. The van der Waals surface area contributed by atoms with E-state index < -0.39 is 21.9 Å². The van der Waals surface area contributed by atoms with Gasteiger partial charge in [-0.1, -0.05) is 30.3 Å². The van der Waals surface area contributed by atoms with E-state index in [9.17, 15) is 18.0 Å². The molecule has 0 spiro atoms. The third-order valence-corrected chi connectivity index (χ3v) is 4.76. The number of nitrogens with one attached hydrogen (secondary N) is 1. The summed E-state index contributed by atoms with van der Waals surface area (Å²) in [6.45, 7) is 0. The molecule has 0 atom stereocenters. The summed E-state index contributed by atoms with van der Waals surface area (Å²) in [5.74, 6) is -1.33. The summed E-state index contributed by atoms with van der Waals surface area (Å²) >= 11 is 0. The molecule has 2 aromatic heterocycles. The number of nitrogens with zero attached hydrogens (tertiary/aromatic N) is 2. The molecule has 10 heteroatoms. The van der Waals surface area contributed by atoms with Gasteiger partial charge in [-0.15, -0.1) is 0 Å². The van der Waals surface area contributed by atoms with Gasteiger partial charge in [0.05, 0.1) is 12.7 Å². The number of pyridine rings is 1. The van der Waals surface area contributed by atoms with Gasteiger partial charge in [0.25, 0.3) is 5.91 Å². The summed E-state index contributed by atoms with van der Waals surface area (Å²) in [6, 6.07) is 11.8. The maximum Gasteiger partial charge on any atom is 0.357 e. The Balaban J connectivity index is 1.98. The lowest BCUT2D eigenvalue weighted by Gasteiger charge is -2.11. The number of amides is 1. The van der Waals surface area contributed by atoms with Crippen LogP contribution in [0.15, 0.2) is 66.0 Å². The molecule has 0 aliphatic rings. The normalized spacial score (nSPS) is 11.1. The largest absolute Gasteiger partial charge is 0.464 e. The van der Waals surface area contributed by atoms with E-state index in [1.54, 1.807) is 6.07 Å².